The number of carboxylic acid groups (broad SMARTS) is 1. The second-order valence-electron chi connectivity index (χ2n) is 6.65. The van der Waals surface area contributed by atoms with Crippen LogP contribution < -0.4 is 0 Å². The zero-order valence-electron chi connectivity index (χ0n) is 11.9. The molecule has 3 heteroatoms. The third-order valence-corrected chi connectivity index (χ3v) is 4.91. The number of hydrogen-bond acceptors (Lipinski definition) is 2. The highest BCUT2D eigenvalue weighted by Crippen LogP contribution is 2.43. The summed E-state index contributed by atoms with van der Waals surface area (Å²) < 4.78 is 0. The van der Waals surface area contributed by atoms with Crippen molar-refractivity contribution in [1.29, 1.82) is 0 Å². The first-order chi connectivity index (χ1) is 8.50. The lowest BCUT2D eigenvalue weighted by Crippen LogP contribution is -2.44. The predicted molar refractivity (Wildman–Crippen MR) is 72.5 cm³/mol. The molecule has 4 atom stereocenters. The highest BCUT2D eigenvalue weighted by atomic mass is 16.4. The smallest absolute Gasteiger partial charge is 0.321 e. The molecule has 2 rings (SSSR count). The lowest BCUT2D eigenvalue weighted by Gasteiger charge is -2.30. The summed E-state index contributed by atoms with van der Waals surface area (Å²) in [5.41, 5.74) is 0. The van der Waals surface area contributed by atoms with E-state index in [1.807, 2.05) is 0 Å². The summed E-state index contributed by atoms with van der Waals surface area (Å²) in [6, 6.07) is 0.207. The summed E-state index contributed by atoms with van der Waals surface area (Å²) in [7, 11) is 0. The van der Waals surface area contributed by atoms with Gasteiger partial charge in [-0.2, -0.15) is 0 Å². The maximum absolute atomic E-state index is 11.6. The van der Waals surface area contributed by atoms with Gasteiger partial charge in [0, 0.05) is 12.6 Å². The first-order valence-electron chi connectivity index (χ1n) is 7.49. The van der Waals surface area contributed by atoms with Gasteiger partial charge in [-0.05, 0) is 50.4 Å². The summed E-state index contributed by atoms with van der Waals surface area (Å²) in [4.78, 5) is 13.8. The summed E-state index contributed by atoms with van der Waals surface area (Å²) in [5.74, 6) is 1.18. The number of nitrogens with zero attached hydrogens (tertiary/aromatic N) is 1. The van der Waals surface area contributed by atoms with E-state index in [0.717, 1.165) is 19.4 Å². The van der Waals surface area contributed by atoms with E-state index in [4.69, 9.17) is 0 Å². The molecular formula is C15H27NO2. The van der Waals surface area contributed by atoms with Crippen LogP contribution in [0.15, 0.2) is 0 Å². The summed E-state index contributed by atoms with van der Waals surface area (Å²) >= 11 is 0. The van der Waals surface area contributed by atoms with E-state index in [0.29, 0.717) is 23.8 Å². The number of carbonyl (C=O) groups is 1. The molecule has 0 amide bonds. The SMILES string of the molecule is CC(C)CCC(C)N1CC2CCCC2C1C(=O)O. The van der Waals surface area contributed by atoms with Crippen molar-refractivity contribution in [3.8, 4) is 0 Å². The third kappa shape index (κ3) is 2.71. The van der Waals surface area contributed by atoms with Crippen molar-refractivity contribution in [1.82, 2.24) is 4.90 Å². The van der Waals surface area contributed by atoms with Crippen LogP contribution in [-0.2, 0) is 4.79 Å². The lowest BCUT2D eigenvalue weighted by atomic mass is 9.94. The average Bonchev–Trinajstić information content (AvgIpc) is 2.83. The maximum atomic E-state index is 11.6. The molecule has 0 spiro atoms. The van der Waals surface area contributed by atoms with Crippen molar-refractivity contribution in [2.24, 2.45) is 17.8 Å². The van der Waals surface area contributed by atoms with Gasteiger partial charge >= 0.3 is 5.97 Å². The van der Waals surface area contributed by atoms with Crippen molar-refractivity contribution >= 4 is 5.97 Å². The topological polar surface area (TPSA) is 40.5 Å². The van der Waals surface area contributed by atoms with Gasteiger partial charge in [0.05, 0.1) is 0 Å². The van der Waals surface area contributed by atoms with Crippen LogP contribution in [0.1, 0.15) is 52.9 Å². The van der Waals surface area contributed by atoms with Crippen LogP contribution in [-0.4, -0.2) is 34.6 Å². The van der Waals surface area contributed by atoms with E-state index in [1.54, 1.807) is 0 Å². The summed E-state index contributed by atoms with van der Waals surface area (Å²) in [5, 5.41) is 9.52. The Morgan fingerprint density at radius 1 is 1.28 bits per heavy atom. The molecule has 1 heterocycles. The van der Waals surface area contributed by atoms with Gasteiger partial charge < -0.3 is 5.11 Å². The third-order valence-electron chi connectivity index (χ3n) is 4.91. The van der Waals surface area contributed by atoms with E-state index in [2.05, 4.69) is 25.7 Å². The van der Waals surface area contributed by atoms with Crippen LogP contribution in [0.2, 0.25) is 0 Å². The summed E-state index contributed by atoms with van der Waals surface area (Å²) in [6.07, 6.45) is 5.91. The van der Waals surface area contributed by atoms with Gasteiger partial charge in [-0.3, -0.25) is 9.69 Å². The van der Waals surface area contributed by atoms with Crippen LogP contribution in [0.3, 0.4) is 0 Å². The molecule has 1 saturated carbocycles. The van der Waals surface area contributed by atoms with Gasteiger partial charge in [0.15, 0.2) is 0 Å². The summed E-state index contributed by atoms with van der Waals surface area (Å²) in [6.45, 7) is 7.69. The fourth-order valence-electron chi connectivity index (χ4n) is 3.86. The minimum absolute atomic E-state index is 0.209. The Bertz CT molecular complexity index is 303. The standard InChI is InChI=1S/C15H27NO2/c1-10(2)7-8-11(3)16-9-12-5-4-6-13(12)14(16)15(17)18/h10-14H,4-9H2,1-3H3,(H,17,18). The highest BCUT2D eigenvalue weighted by molar-refractivity contribution is 5.74. The van der Waals surface area contributed by atoms with Gasteiger partial charge in [0.2, 0.25) is 0 Å². The molecule has 2 fully saturated rings. The predicted octanol–water partition coefficient (Wildman–Crippen LogP) is 3.00. The Morgan fingerprint density at radius 2 is 2.00 bits per heavy atom. The molecule has 1 saturated heterocycles. The highest BCUT2D eigenvalue weighted by Gasteiger charge is 2.48. The maximum Gasteiger partial charge on any atom is 0.321 e. The molecular weight excluding hydrogens is 226 g/mol. The molecule has 1 aliphatic carbocycles. The second kappa shape index (κ2) is 5.60. The Labute approximate surface area is 111 Å². The van der Waals surface area contributed by atoms with E-state index in [9.17, 15) is 9.90 Å². The number of aliphatic carboxylic acids is 1. The molecule has 4 unspecified atom stereocenters. The molecule has 1 aliphatic heterocycles. The number of rotatable bonds is 5. The quantitative estimate of drug-likeness (QED) is 0.819. The largest absolute Gasteiger partial charge is 0.480 e. The van der Waals surface area contributed by atoms with Crippen LogP contribution >= 0.6 is 0 Å². The van der Waals surface area contributed by atoms with Gasteiger partial charge in [0.1, 0.15) is 6.04 Å². The first kappa shape index (κ1) is 13.9. The Balaban J connectivity index is 2.00. The second-order valence-corrected chi connectivity index (χ2v) is 6.65. The van der Waals surface area contributed by atoms with Crippen LogP contribution in [0, 0.1) is 17.8 Å². The first-order valence-corrected chi connectivity index (χ1v) is 7.49. The Kier molecular flexibility index (Phi) is 4.31. The fraction of sp³-hybridized carbons (Fsp3) is 0.933. The van der Waals surface area contributed by atoms with E-state index in [1.165, 1.54) is 19.3 Å². The van der Waals surface area contributed by atoms with Gasteiger partial charge in [0.25, 0.3) is 0 Å². The van der Waals surface area contributed by atoms with Crippen molar-refractivity contribution in [2.75, 3.05) is 6.54 Å². The monoisotopic (exact) mass is 253 g/mol. The molecule has 1 N–H and O–H groups in total. The molecule has 0 aromatic heterocycles. The molecule has 0 radical (unpaired) electrons. The van der Waals surface area contributed by atoms with Crippen molar-refractivity contribution in [3.63, 3.8) is 0 Å². The zero-order chi connectivity index (χ0) is 13.3. The molecule has 0 aromatic carbocycles. The number of carboxylic acids is 1. The van der Waals surface area contributed by atoms with Gasteiger partial charge in [-0.15, -0.1) is 0 Å². The van der Waals surface area contributed by atoms with Crippen molar-refractivity contribution < 1.29 is 9.90 Å². The molecule has 3 nitrogen and oxygen atoms in total. The molecule has 0 aromatic rings. The van der Waals surface area contributed by atoms with Crippen LogP contribution in [0.5, 0.6) is 0 Å². The lowest BCUT2D eigenvalue weighted by molar-refractivity contribution is -0.144. The Morgan fingerprint density at radius 3 is 2.61 bits per heavy atom. The normalized spacial score (nSPS) is 33.9. The van der Waals surface area contributed by atoms with Crippen LogP contribution in [0.25, 0.3) is 0 Å². The number of hydrogen-bond donors (Lipinski definition) is 1. The molecule has 2 aliphatic rings. The molecule has 104 valence electrons. The van der Waals surface area contributed by atoms with Gasteiger partial charge in [-0.25, -0.2) is 0 Å². The van der Waals surface area contributed by atoms with E-state index >= 15 is 0 Å². The molecule has 18 heavy (non-hydrogen) atoms. The number of likely N-dealkylation sites (tertiary alicyclic amines) is 1. The minimum atomic E-state index is -0.596. The van der Waals surface area contributed by atoms with E-state index < -0.39 is 5.97 Å². The van der Waals surface area contributed by atoms with Crippen molar-refractivity contribution in [2.45, 2.75) is 65.0 Å². The van der Waals surface area contributed by atoms with Gasteiger partial charge in [-0.1, -0.05) is 20.3 Å². The zero-order valence-corrected chi connectivity index (χ0v) is 11.9. The van der Waals surface area contributed by atoms with Crippen molar-refractivity contribution in [3.05, 3.63) is 0 Å². The minimum Gasteiger partial charge on any atom is -0.480 e. The average molecular weight is 253 g/mol. The number of fused-ring (bicyclic) bond motifs is 1. The van der Waals surface area contributed by atoms with Crippen LogP contribution in [0.4, 0.5) is 0 Å². The molecule has 0 bridgehead atoms. The van der Waals surface area contributed by atoms with E-state index in [-0.39, 0.29) is 6.04 Å². The fourth-order valence-corrected chi connectivity index (χ4v) is 3.86. The Hall–Kier alpha value is -0.570.